The van der Waals surface area contributed by atoms with Crippen LogP contribution in [0.1, 0.15) is 15.9 Å². The third-order valence-electron chi connectivity index (χ3n) is 2.78. The zero-order chi connectivity index (χ0) is 13.3. The fraction of sp³-hybridized carbons (Fsp3) is 0.231. The Morgan fingerprint density at radius 1 is 1.44 bits per heavy atom. The number of carbonyl (C=O) groups excluding carboxylic acids is 1. The van der Waals surface area contributed by atoms with Crippen LogP contribution in [0.3, 0.4) is 0 Å². The zero-order valence-electron chi connectivity index (χ0n) is 10.4. The smallest absolute Gasteiger partial charge is 0.339 e. The molecule has 18 heavy (non-hydrogen) atoms. The number of rotatable bonds is 2. The number of ether oxygens (including phenoxy) is 1. The molecule has 0 N–H and O–H groups in total. The molecule has 0 aliphatic carbocycles. The molecular formula is C13H13ClN2O2. The molecule has 0 radical (unpaired) electrons. The van der Waals surface area contributed by atoms with Crippen molar-refractivity contribution in [2.75, 3.05) is 7.11 Å². The second-order valence-corrected chi connectivity index (χ2v) is 4.34. The zero-order valence-corrected chi connectivity index (χ0v) is 11.2. The lowest BCUT2D eigenvalue weighted by molar-refractivity contribution is 0.0601. The Morgan fingerprint density at radius 3 is 2.72 bits per heavy atom. The van der Waals surface area contributed by atoms with E-state index in [0.717, 1.165) is 16.8 Å². The van der Waals surface area contributed by atoms with Crippen LogP contribution in [0, 0.1) is 6.92 Å². The number of hydrogen-bond acceptors (Lipinski definition) is 3. The maximum atomic E-state index is 11.6. The highest BCUT2D eigenvalue weighted by Crippen LogP contribution is 2.32. The van der Waals surface area contributed by atoms with Gasteiger partial charge in [-0.2, -0.15) is 5.10 Å². The third-order valence-corrected chi connectivity index (χ3v) is 3.19. The van der Waals surface area contributed by atoms with Gasteiger partial charge in [-0.1, -0.05) is 23.7 Å². The summed E-state index contributed by atoms with van der Waals surface area (Å²) >= 11 is 6.28. The lowest BCUT2D eigenvalue weighted by atomic mass is 10.1. The van der Waals surface area contributed by atoms with Crippen LogP contribution in [0.2, 0.25) is 5.02 Å². The van der Waals surface area contributed by atoms with Gasteiger partial charge >= 0.3 is 5.97 Å². The van der Waals surface area contributed by atoms with Crippen molar-refractivity contribution < 1.29 is 9.53 Å². The van der Waals surface area contributed by atoms with Crippen molar-refractivity contribution in [3.8, 4) is 11.3 Å². The molecule has 94 valence electrons. The van der Waals surface area contributed by atoms with Gasteiger partial charge in [0, 0.05) is 12.6 Å². The predicted molar refractivity (Wildman–Crippen MR) is 69.7 cm³/mol. The average Bonchev–Trinajstić information content (AvgIpc) is 2.69. The second-order valence-electron chi connectivity index (χ2n) is 3.96. The second kappa shape index (κ2) is 4.82. The van der Waals surface area contributed by atoms with Crippen LogP contribution in [0.5, 0.6) is 0 Å². The van der Waals surface area contributed by atoms with Crippen molar-refractivity contribution in [3.05, 3.63) is 40.5 Å². The summed E-state index contributed by atoms with van der Waals surface area (Å²) in [5.74, 6) is -0.443. The topological polar surface area (TPSA) is 44.1 Å². The molecule has 2 rings (SSSR count). The number of aryl methyl sites for hydroxylation is 2. The molecule has 1 aromatic heterocycles. The Labute approximate surface area is 110 Å². The van der Waals surface area contributed by atoms with E-state index in [1.165, 1.54) is 7.11 Å². The number of aromatic nitrogens is 2. The molecule has 0 bridgehead atoms. The molecule has 0 fully saturated rings. The van der Waals surface area contributed by atoms with Crippen molar-refractivity contribution in [1.29, 1.82) is 0 Å². The highest BCUT2D eigenvalue weighted by atomic mass is 35.5. The van der Waals surface area contributed by atoms with Gasteiger partial charge in [-0.15, -0.1) is 0 Å². The van der Waals surface area contributed by atoms with Crippen molar-refractivity contribution in [3.63, 3.8) is 0 Å². The van der Waals surface area contributed by atoms with Crippen molar-refractivity contribution >= 4 is 17.6 Å². The first kappa shape index (κ1) is 12.6. The summed E-state index contributed by atoms with van der Waals surface area (Å²) in [5.41, 5.74) is 3.03. The Morgan fingerprint density at radius 2 is 2.17 bits per heavy atom. The number of nitrogens with zero attached hydrogens (tertiary/aromatic N) is 2. The van der Waals surface area contributed by atoms with Gasteiger partial charge in [0.15, 0.2) is 0 Å². The number of carbonyl (C=O) groups is 1. The van der Waals surface area contributed by atoms with Crippen LogP contribution in [0.4, 0.5) is 0 Å². The molecule has 0 saturated heterocycles. The van der Waals surface area contributed by atoms with Crippen LogP contribution in [0.15, 0.2) is 24.4 Å². The van der Waals surface area contributed by atoms with E-state index in [1.54, 1.807) is 23.0 Å². The van der Waals surface area contributed by atoms with E-state index < -0.39 is 5.97 Å². The van der Waals surface area contributed by atoms with Crippen LogP contribution in [0.25, 0.3) is 11.3 Å². The maximum absolute atomic E-state index is 11.6. The maximum Gasteiger partial charge on any atom is 0.339 e. The van der Waals surface area contributed by atoms with E-state index in [2.05, 4.69) is 5.10 Å². The monoisotopic (exact) mass is 264 g/mol. The Bertz CT molecular complexity index is 586. The highest BCUT2D eigenvalue weighted by molar-refractivity contribution is 6.36. The molecule has 0 unspecified atom stereocenters. The SMILES string of the molecule is COC(=O)c1cccc(-c2c(C)cnn2C)c1Cl. The number of halogens is 1. The van der Waals surface area contributed by atoms with Crippen LogP contribution in [-0.4, -0.2) is 22.9 Å². The van der Waals surface area contributed by atoms with E-state index >= 15 is 0 Å². The van der Waals surface area contributed by atoms with Crippen molar-refractivity contribution in [1.82, 2.24) is 9.78 Å². The normalized spacial score (nSPS) is 10.4. The van der Waals surface area contributed by atoms with Crippen molar-refractivity contribution in [2.45, 2.75) is 6.92 Å². The van der Waals surface area contributed by atoms with Crippen LogP contribution >= 0.6 is 11.6 Å². The van der Waals surface area contributed by atoms with Gasteiger partial charge < -0.3 is 4.74 Å². The molecule has 0 saturated carbocycles. The minimum absolute atomic E-state index is 0.359. The summed E-state index contributed by atoms with van der Waals surface area (Å²) in [6, 6.07) is 5.28. The number of hydrogen-bond donors (Lipinski definition) is 0. The summed E-state index contributed by atoms with van der Waals surface area (Å²) < 4.78 is 6.44. The average molecular weight is 265 g/mol. The van der Waals surface area contributed by atoms with E-state index in [1.807, 2.05) is 20.0 Å². The number of esters is 1. The van der Waals surface area contributed by atoms with Gasteiger partial charge in [0.2, 0.25) is 0 Å². The first-order valence-corrected chi connectivity index (χ1v) is 5.80. The summed E-state index contributed by atoms with van der Waals surface area (Å²) in [7, 11) is 3.17. The molecule has 0 aliphatic rings. The van der Waals surface area contributed by atoms with E-state index in [9.17, 15) is 4.79 Å². The quantitative estimate of drug-likeness (QED) is 0.784. The molecule has 0 atom stereocenters. The van der Waals surface area contributed by atoms with Gasteiger partial charge in [-0.05, 0) is 18.6 Å². The number of methoxy groups -OCH3 is 1. The molecular weight excluding hydrogens is 252 g/mol. The summed E-state index contributed by atoms with van der Waals surface area (Å²) in [4.78, 5) is 11.6. The summed E-state index contributed by atoms with van der Waals surface area (Å²) in [5, 5.41) is 4.56. The first-order chi connectivity index (χ1) is 8.56. The van der Waals surface area contributed by atoms with Gasteiger partial charge in [0.25, 0.3) is 0 Å². The summed E-state index contributed by atoms with van der Waals surface area (Å²) in [6.45, 7) is 1.95. The minimum atomic E-state index is -0.443. The first-order valence-electron chi connectivity index (χ1n) is 5.42. The highest BCUT2D eigenvalue weighted by Gasteiger charge is 2.17. The molecule has 0 amide bonds. The fourth-order valence-corrected chi connectivity index (χ4v) is 2.21. The Balaban J connectivity index is 2.63. The molecule has 2 aromatic rings. The molecule has 1 aromatic carbocycles. The molecule has 4 nitrogen and oxygen atoms in total. The van der Waals surface area contributed by atoms with Crippen molar-refractivity contribution in [2.24, 2.45) is 7.05 Å². The fourth-order valence-electron chi connectivity index (χ4n) is 1.92. The molecule has 0 spiro atoms. The molecule has 0 aliphatic heterocycles. The largest absolute Gasteiger partial charge is 0.465 e. The molecule has 1 heterocycles. The summed E-state index contributed by atoms with van der Waals surface area (Å²) in [6.07, 6.45) is 1.76. The molecule has 5 heteroatoms. The van der Waals surface area contributed by atoms with Gasteiger partial charge in [0.05, 0.1) is 29.6 Å². The van der Waals surface area contributed by atoms with Gasteiger partial charge in [-0.3, -0.25) is 4.68 Å². The minimum Gasteiger partial charge on any atom is -0.465 e. The predicted octanol–water partition coefficient (Wildman–Crippen LogP) is 2.84. The Kier molecular flexibility index (Phi) is 3.39. The standard InChI is InChI=1S/C13H13ClN2O2/c1-8-7-15-16(2)12(8)9-5-4-6-10(11(9)14)13(17)18-3/h4-7H,1-3H3. The van der Waals surface area contributed by atoms with Gasteiger partial charge in [-0.25, -0.2) is 4.79 Å². The van der Waals surface area contributed by atoms with Crippen LogP contribution in [-0.2, 0) is 11.8 Å². The van der Waals surface area contributed by atoms with Crippen LogP contribution < -0.4 is 0 Å². The lowest BCUT2D eigenvalue weighted by Crippen LogP contribution is -2.04. The van der Waals surface area contributed by atoms with Gasteiger partial charge in [0.1, 0.15) is 0 Å². The Hall–Kier alpha value is -1.81. The number of benzene rings is 1. The van der Waals surface area contributed by atoms with E-state index in [0.29, 0.717) is 10.6 Å². The third kappa shape index (κ3) is 1.99. The lowest BCUT2D eigenvalue weighted by Gasteiger charge is -2.09. The van der Waals surface area contributed by atoms with E-state index in [-0.39, 0.29) is 0 Å². The van der Waals surface area contributed by atoms with E-state index in [4.69, 9.17) is 16.3 Å².